The second-order valence-corrected chi connectivity index (χ2v) is 0.955. The molecule has 2 N–H and O–H groups in total. The standard InChI is InChI=1S/C3H9NO/c1-2-3-4-5/h2-4H2,1H3. The highest BCUT2D eigenvalue weighted by Gasteiger charge is 1.65. The molecule has 2 heteroatoms. The predicted molar refractivity (Wildman–Crippen MR) is 20.5 cm³/mol. The maximum Gasteiger partial charge on any atom is 0.0749 e. The molecule has 0 saturated carbocycles. The van der Waals surface area contributed by atoms with E-state index in [1.165, 1.54) is 0 Å². The van der Waals surface area contributed by atoms with Crippen molar-refractivity contribution in [2.24, 2.45) is 0 Å². The Morgan fingerprint density at radius 2 is 2.40 bits per heavy atom. The molecule has 0 spiro atoms. The van der Waals surface area contributed by atoms with Gasteiger partial charge in [0.15, 0.2) is 0 Å². The first-order valence-electron chi connectivity index (χ1n) is 1.85. The SMILES string of the molecule is CCC[NH2+][O-]. The van der Waals surface area contributed by atoms with Crippen LogP contribution in [-0.2, 0) is 0 Å². The molecule has 0 aliphatic rings. The smallest absolute Gasteiger partial charge is 0.0749 e. The number of hydroxylamine groups is 1. The van der Waals surface area contributed by atoms with Gasteiger partial charge in [0.1, 0.15) is 0 Å². The molecule has 0 aliphatic carbocycles. The monoisotopic (exact) mass is 75.1 g/mol. The summed E-state index contributed by atoms with van der Waals surface area (Å²) in [4.78, 5) is 0. The van der Waals surface area contributed by atoms with Crippen LogP contribution in [0.4, 0.5) is 0 Å². The number of nitrogens with two attached hydrogens (primary N) is 1. The molecule has 32 valence electrons. The first-order valence-corrected chi connectivity index (χ1v) is 1.85. The van der Waals surface area contributed by atoms with Crippen molar-refractivity contribution in [3.8, 4) is 0 Å². The van der Waals surface area contributed by atoms with Gasteiger partial charge in [-0.1, -0.05) is 6.92 Å². The Morgan fingerprint density at radius 1 is 1.80 bits per heavy atom. The Hall–Kier alpha value is -0.0800. The maximum absolute atomic E-state index is 9.40. The van der Waals surface area contributed by atoms with Crippen molar-refractivity contribution in [1.82, 2.24) is 0 Å². The van der Waals surface area contributed by atoms with Crippen molar-refractivity contribution < 1.29 is 5.48 Å². The summed E-state index contributed by atoms with van der Waals surface area (Å²) in [6.45, 7) is 2.69. The lowest BCUT2D eigenvalue weighted by Gasteiger charge is -1.93. The average Bonchev–Trinajstić information content (AvgIpc) is 1.41. The molecule has 5 heavy (non-hydrogen) atoms. The van der Waals surface area contributed by atoms with E-state index in [9.17, 15) is 5.21 Å². The summed E-state index contributed by atoms with van der Waals surface area (Å²) >= 11 is 0. The molecule has 0 radical (unpaired) electrons. The van der Waals surface area contributed by atoms with Crippen LogP contribution in [0.15, 0.2) is 0 Å². The van der Waals surface area contributed by atoms with Gasteiger partial charge in [0.25, 0.3) is 0 Å². The van der Waals surface area contributed by atoms with Crippen LogP contribution in [0.2, 0.25) is 0 Å². The van der Waals surface area contributed by atoms with Crippen molar-refractivity contribution in [1.29, 1.82) is 0 Å². The van der Waals surface area contributed by atoms with E-state index in [0.29, 0.717) is 6.54 Å². The van der Waals surface area contributed by atoms with Crippen molar-refractivity contribution in [2.45, 2.75) is 13.3 Å². The molecule has 0 atom stereocenters. The van der Waals surface area contributed by atoms with Gasteiger partial charge >= 0.3 is 0 Å². The van der Waals surface area contributed by atoms with E-state index in [1.807, 2.05) is 6.92 Å². The molecule has 0 unspecified atom stereocenters. The molecule has 0 fully saturated rings. The number of hydrogen-bond donors (Lipinski definition) is 1. The minimum Gasteiger partial charge on any atom is -0.636 e. The van der Waals surface area contributed by atoms with Gasteiger partial charge in [0.05, 0.1) is 6.54 Å². The van der Waals surface area contributed by atoms with Crippen molar-refractivity contribution in [3.63, 3.8) is 0 Å². The van der Waals surface area contributed by atoms with Crippen molar-refractivity contribution in [3.05, 3.63) is 5.21 Å². The lowest BCUT2D eigenvalue weighted by molar-refractivity contribution is -0.588. The van der Waals surface area contributed by atoms with E-state index in [4.69, 9.17) is 0 Å². The fourth-order valence-electron chi connectivity index (χ4n) is 0.118. The van der Waals surface area contributed by atoms with Crippen LogP contribution in [-0.4, -0.2) is 6.54 Å². The molecule has 2 nitrogen and oxygen atoms in total. The Bertz CT molecular complexity index is 14.4. The minimum atomic E-state index is 0.708. The van der Waals surface area contributed by atoms with Crippen LogP contribution in [0.25, 0.3) is 0 Å². The summed E-state index contributed by atoms with van der Waals surface area (Å²) in [5.74, 6) is 0. The summed E-state index contributed by atoms with van der Waals surface area (Å²) in [6.07, 6.45) is 0.976. The van der Waals surface area contributed by atoms with E-state index in [1.54, 1.807) is 0 Å². The first-order chi connectivity index (χ1) is 2.41. The number of rotatable bonds is 2. The summed E-state index contributed by atoms with van der Waals surface area (Å²) in [5, 5.41) is 9.40. The average molecular weight is 75.1 g/mol. The molecular formula is C3H9NO. The van der Waals surface area contributed by atoms with Gasteiger partial charge in [-0.25, -0.2) is 0 Å². The highest BCUT2D eigenvalue weighted by molar-refractivity contribution is 4.12. The minimum absolute atomic E-state index is 0.708. The topological polar surface area (TPSA) is 39.7 Å². The maximum atomic E-state index is 9.40. The zero-order valence-corrected chi connectivity index (χ0v) is 3.40. The molecule has 0 bridgehead atoms. The molecule has 0 aliphatic heterocycles. The Balaban J connectivity index is 2.19. The summed E-state index contributed by atoms with van der Waals surface area (Å²) in [5.41, 5.74) is 0.931. The third-order valence-corrected chi connectivity index (χ3v) is 0.407. The summed E-state index contributed by atoms with van der Waals surface area (Å²) in [6, 6.07) is 0. The first kappa shape index (κ1) is 4.92. The Labute approximate surface area is 31.8 Å². The van der Waals surface area contributed by atoms with Gasteiger partial charge in [0.2, 0.25) is 0 Å². The molecule has 0 saturated heterocycles. The Kier molecular flexibility index (Phi) is 3.86. The van der Waals surface area contributed by atoms with Crippen molar-refractivity contribution >= 4 is 0 Å². The second-order valence-electron chi connectivity index (χ2n) is 0.955. The number of quaternary nitrogens is 1. The van der Waals surface area contributed by atoms with E-state index in [-0.39, 0.29) is 0 Å². The summed E-state index contributed by atoms with van der Waals surface area (Å²) in [7, 11) is 0. The quantitative estimate of drug-likeness (QED) is 0.440. The van der Waals surface area contributed by atoms with Gasteiger partial charge < -0.3 is 10.7 Å². The zero-order chi connectivity index (χ0) is 4.12. The van der Waals surface area contributed by atoms with Crippen molar-refractivity contribution in [2.75, 3.05) is 6.54 Å². The number of hydrogen-bond acceptors (Lipinski definition) is 1. The molecule has 0 amide bonds. The van der Waals surface area contributed by atoms with Gasteiger partial charge in [-0.15, -0.1) is 0 Å². The van der Waals surface area contributed by atoms with E-state index < -0.39 is 0 Å². The molecule has 0 aromatic heterocycles. The lowest BCUT2D eigenvalue weighted by atomic mass is 10.5. The zero-order valence-electron chi connectivity index (χ0n) is 3.40. The van der Waals surface area contributed by atoms with Gasteiger partial charge in [-0.05, 0) is 6.42 Å². The van der Waals surface area contributed by atoms with Gasteiger partial charge in [-0.2, -0.15) is 0 Å². The van der Waals surface area contributed by atoms with Crippen LogP contribution in [0.5, 0.6) is 0 Å². The highest BCUT2D eigenvalue weighted by atomic mass is 16.5. The third-order valence-electron chi connectivity index (χ3n) is 0.407. The third kappa shape index (κ3) is 3.92. The largest absolute Gasteiger partial charge is 0.636 e. The molecule has 0 rings (SSSR count). The predicted octanol–water partition coefficient (Wildman–Crippen LogP) is -0.542. The Morgan fingerprint density at radius 3 is 2.40 bits per heavy atom. The van der Waals surface area contributed by atoms with E-state index in [2.05, 4.69) is 0 Å². The van der Waals surface area contributed by atoms with Gasteiger partial charge in [0, 0.05) is 0 Å². The fraction of sp³-hybridized carbons (Fsp3) is 1.00. The van der Waals surface area contributed by atoms with E-state index >= 15 is 0 Å². The van der Waals surface area contributed by atoms with E-state index in [0.717, 1.165) is 11.9 Å². The molecule has 0 aromatic rings. The molecular weight excluding hydrogens is 66.0 g/mol. The fourth-order valence-corrected chi connectivity index (χ4v) is 0.118. The normalized spacial score (nSPS) is 8.40. The highest BCUT2D eigenvalue weighted by Crippen LogP contribution is 1.56. The lowest BCUT2D eigenvalue weighted by Crippen LogP contribution is -2.77. The summed E-state index contributed by atoms with van der Waals surface area (Å²) < 4.78 is 0. The van der Waals surface area contributed by atoms with Crippen LogP contribution in [0.3, 0.4) is 0 Å². The van der Waals surface area contributed by atoms with Crippen LogP contribution in [0, 0.1) is 5.21 Å². The van der Waals surface area contributed by atoms with Gasteiger partial charge in [-0.3, -0.25) is 0 Å². The van der Waals surface area contributed by atoms with Crippen LogP contribution in [0.1, 0.15) is 13.3 Å². The van der Waals surface area contributed by atoms with Crippen LogP contribution >= 0.6 is 0 Å². The van der Waals surface area contributed by atoms with Crippen LogP contribution < -0.4 is 5.48 Å². The molecule has 0 aromatic carbocycles. The second kappa shape index (κ2) is 3.92. The molecule has 0 heterocycles.